The van der Waals surface area contributed by atoms with Crippen molar-refractivity contribution in [2.75, 3.05) is 6.61 Å². The van der Waals surface area contributed by atoms with E-state index in [4.69, 9.17) is 10.8 Å². The van der Waals surface area contributed by atoms with E-state index in [1.54, 1.807) is 0 Å². The maximum atomic E-state index is 9.12. The van der Waals surface area contributed by atoms with Crippen LogP contribution in [-0.4, -0.2) is 11.7 Å². The van der Waals surface area contributed by atoms with Gasteiger partial charge in [0, 0.05) is 13.2 Å². The number of rotatable bonds is 5. The Hall–Kier alpha value is -0.860. The fraction of sp³-hybridized carbons (Fsp3) is 0.500. The van der Waals surface area contributed by atoms with Crippen LogP contribution in [0.25, 0.3) is 0 Å². The second-order valence-corrected chi connectivity index (χ2v) is 3.63. The SMILES string of the molecule is CC[C@H](CO)Cc1ccccc1CN. The molecule has 78 valence electrons. The van der Waals surface area contributed by atoms with E-state index in [0.717, 1.165) is 12.8 Å². The molecule has 0 aliphatic heterocycles. The lowest BCUT2D eigenvalue weighted by Crippen LogP contribution is -2.11. The highest BCUT2D eigenvalue weighted by atomic mass is 16.3. The van der Waals surface area contributed by atoms with Gasteiger partial charge in [-0.3, -0.25) is 0 Å². The summed E-state index contributed by atoms with van der Waals surface area (Å²) in [5.41, 5.74) is 8.11. The van der Waals surface area contributed by atoms with Crippen molar-refractivity contribution in [1.82, 2.24) is 0 Å². The first-order chi connectivity index (χ1) is 6.81. The van der Waals surface area contributed by atoms with Gasteiger partial charge in [0.05, 0.1) is 0 Å². The Morgan fingerprint density at radius 1 is 1.29 bits per heavy atom. The van der Waals surface area contributed by atoms with Gasteiger partial charge in [-0.05, 0) is 23.5 Å². The molecule has 14 heavy (non-hydrogen) atoms. The molecule has 1 atom stereocenters. The first-order valence-electron chi connectivity index (χ1n) is 5.19. The molecule has 1 aromatic carbocycles. The Morgan fingerprint density at radius 2 is 1.93 bits per heavy atom. The molecule has 1 rings (SSSR count). The van der Waals surface area contributed by atoms with Crippen LogP contribution in [0.2, 0.25) is 0 Å². The number of aliphatic hydroxyl groups is 1. The molecule has 0 aliphatic rings. The minimum absolute atomic E-state index is 0.259. The molecule has 0 bridgehead atoms. The molecule has 0 aromatic heterocycles. The summed E-state index contributed by atoms with van der Waals surface area (Å²) in [7, 11) is 0. The molecule has 0 radical (unpaired) electrons. The second-order valence-electron chi connectivity index (χ2n) is 3.63. The van der Waals surface area contributed by atoms with Gasteiger partial charge in [-0.15, -0.1) is 0 Å². The van der Waals surface area contributed by atoms with E-state index in [1.165, 1.54) is 11.1 Å². The summed E-state index contributed by atoms with van der Waals surface area (Å²) in [5.74, 6) is 0.364. The highest BCUT2D eigenvalue weighted by molar-refractivity contribution is 5.27. The molecule has 1 aromatic rings. The molecule has 0 spiro atoms. The maximum absolute atomic E-state index is 9.12. The summed E-state index contributed by atoms with van der Waals surface area (Å²) in [6, 6.07) is 8.18. The first-order valence-corrected chi connectivity index (χ1v) is 5.19. The third-order valence-corrected chi connectivity index (χ3v) is 2.68. The number of benzene rings is 1. The smallest absolute Gasteiger partial charge is 0.0462 e. The van der Waals surface area contributed by atoms with Crippen LogP contribution in [0.4, 0.5) is 0 Å². The van der Waals surface area contributed by atoms with E-state index < -0.39 is 0 Å². The molecule has 0 amide bonds. The van der Waals surface area contributed by atoms with Gasteiger partial charge in [0.15, 0.2) is 0 Å². The van der Waals surface area contributed by atoms with E-state index in [9.17, 15) is 0 Å². The molecule has 0 saturated carbocycles. The van der Waals surface area contributed by atoms with E-state index in [0.29, 0.717) is 12.5 Å². The minimum Gasteiger partial charge on any atom is -0.396 e. The third kappa shape index (κ3) is 2.82. The molecule has 3 N–H and O–H groups in total. The topological polar surface area (TPSA) is 46.2 Å². The first kappa shape index (κ1) is 11.2. The van der Waals surface area contributed by atoms with Crippen molar-refractivity contribution in [3.05, 3.63) is 35.4 Å². The van der Waals surface area contributed by atoms with E-state index in [-0.39, 0.29) is 6.61 Å². The summed E-state index contributed by atoms with van der Waals surface area (Å²) in [5, 5.41) is 9.12. The highest BCUT2D eigenvalue weighted by Crippen LogP contribution is 2.15. The van der Waals surface area contributed by atoms with Crippen LogP contribution in [0, 0.1) is 5.92 Å². The molecule has 2 nitrogen and oxygen atoms in total. The molecule has 0 fully saturated rings. The lowest BCUT2D eigenvalue weighted by atomic mass is 9.94. The molecule has 0 heterocycles. The van der Waals surface area contributed by atoms with Crippen LogP contribution in [0.3, 0.4) is 0 Å². The van der Waals surface area contributed by atoms with E-state index in [1.807, 2.05) is 12.1 Å². The van der Waals surface area contributed by atoms with Gasteiger partial charge in [0.2, 0.25) is 0 Å². The predicted molar refractivity (Wildman–Crippen MR) is 58.9 cm³/mol. The zero-order valence-corrected chi connectivity index (χ0v) is 8.74. The highest BCUT2D eigenvalue weighted by Gasteiger charge is 2.08. The van der Waals surface area contributed by atoms with Gasteiger partial charge in [-0.2, -0.15) is 0 Å². The van der Waals surface area contributed by atoms with Crippen molar-refractivity contribution in [1.29, 1.82) is 0 Å². The number of nitrogens with two attached hydrogens (primary N) is 1. The quantitative estimate of drug-likeness (QED) is 0.747. The molecule has 0 saturated heterocycles. The monoisotopic (exact) mass is 193 g/mol. The van der Waals surface area contributed by atoms with E-state index in [2.05, 4.69) is 19.1 Å². The Balaban J connectivity index is 2.74. The second kappa shape index (κ2) is 5.78. The zero-order chi connectivity index (χ0) is 10.4. The summed E-state index contributed by atoms with van der Waals surface area (Å²) in [6.07, 6.45) is 1.94. The normalized spacial score (nSPS) is 12.8. The van der Waals surface area contributed by atoms with Crippen molar-refractivity contribution < 1.29 is 5.11 Å². The van der Waals surface area contributed by atoms with Crippen LogP contribution < -0.4 is 5.73 Å². The number of hydrogen-bond acceptors (Lipinski definition) is 2. The van der Waals surface area contributed by atoms with Crippen molar-refractivity contribution in [2.45, 2.75) is 26.3 Å². The fourth-order valence-corrected chi connectivity index (χ4v) is 1.60. The van der Waals surface area contributed by atoms with Crippen molar-refractivity contribution in [3.63, 3.8) is 0 Å². The standard InChI is InChI=1S/C12H19NO/c1-2-10(9-14)7-11-5-3-4-6-12(11)8-13/h3-6,10,14H,2,7-9,13H2,1H3/t10-/m0/s1. The summed E-state index contributed by atoms with van der Waals surface area (Å²) >= 11 is 0. The molecule has 0 unspecified atom stereocenters. The predicted octanol–water partition coefficient (Wildman–Crippen LogP) is 1.71. The van der Waals surface area contributed by atoms with Crippen LogP contribution in [0.15, 0.2) is 24.3 Å². The Kier molecular flexibility index (Phi) is 4.63. The summed E-state index contributed by atoms with van der Waals surface area (Å²) in [4.78, 5) is 0. The number of hydrogen-bond donors (Lipinski definition) is 2. The van der Waals surface area contributed by atoms with Gasteiger partial charge in [-0.1, -0.05) is 37.6 Å². The largest absolute Gasteiger partial charge is 0.396 e. The Morgan fingerprint density at radius 3 is 2.43 bits per heavy atom. The van der Waals surface area contributed by atoms with Gasteiger partial charge < -0.3 is 10.8 Å². The minimum atomic E-state index is 0.259. The molecule has 2 heteroatoms. The summed E-state index contributed by atoms with van der Waals surface area (Å²) in [6.45, 7) is 2.94. The lowest BCUT2D eigenvalue weighted by Gasteiger charge is -2.13. The van der Waals surface area contributed by atoms with E-state index >= 15 is 0 Å². The van der Waals surface area contributed by atoms with Crippen LogP contribution in [0.5, 0.6) is 0 Å². The molecule has 0 aliphatic carbocycles. The average molecular weight is 193 g/mol. The van der Waals surface area contributed by atoms with Crippen molar-refractivity contribution >= 4 is 0 Å². The van der Waals surface area contributed by atoms with Gasteiger partial charge in [0.25, 0.3) is 0 Å². The Labute approximate surface area is 85.8 Å². The van der Waals surface area contributed by atoms with Crippen molar-refractivity contribution in [2.24, 2.45) is 11.7 Å². The van der Waals surface area contributed by atoms with Gasteiger partial charge >= 0.3 is 0 Å². The van der Waals surface area contributed by atoms with Crippen LogP contribution in [0.1, 0.15) is 24.5 Å². The molecular formula is C12H19NO. The molecular weight excluding hydrogens is 174 g/mol. The van der Waals surface area contributed by atoms with Gasteiger partial charge in [-0.25, -0.2) is 0 Å². The summed E-state index contributed by atoms with van der Waals surface area (Å²) < 4.78 is 0. The van der Waals surface area contributed by atoms with Crippen molar-refractivity contribution in [3.8, 4) is 0 Å². The van der Waals surface area contributed by atoms with Crippen LogP contribution >= 0.6 is 0 Å². The zero-order valence-electron chi connectivity index (χ0n) is 8.74. The van der Waals surface area contributed by atoms with Gasteiger partial charge in [0.1, 0.15) is 0 Å². The number of aliphatic hydroxyl groups excluding tert-OH is 1. The fourth-order valence-electron chi connectivity index (χ4n) is 1.60. The maximum Gasteiger partial charge on any atom is 0.0462 e. The Bertz CT molecular complexity index is 269. The lowest BCUT2D eigenvalue weighted by molar-refractivity contribution is 0.222. The average Bonchev–Trinajstić information content (AvgIpc) is 2.26. The van der Waals surface area contributed by atoms with Crippen LogP contribution in [-0.2, 0) is 13.0 Å². The third-order valence-electron chi connectivity index (χ3n) is 2.68.